The molecule has 6 rings (SSSR count). The van der Waals surface area contributed by atoms with Crippen LogP contribution < -0.4 is 0 Å². The lowest BCUT2D eigenvalue weighted by atomic mass is 9.70. The zero-order chi connectivity index (χ0) is 43.0. The first kappa shape index (κ1) is 46.2. The first-order valence-corrected chi connectivity index (χ1v) is 23.2. The Morgan fingerprint density at radius 2 is 0.883 bits per heavy atom. The van der Waals surface area contributed by atoms with Gasteiger partial charge in [-0.15, -0.1) is 0 Å². The highest BCUT2D eigenvalue weighted by Gasteiger charge is 2.44. The summed E-state index contributed by atoms with van der Waals surface area (Å²) in [5.74, 6) is 0. The molecule has 0 saturated carbocycles. The van der Waals surface area contributed by atoms with Gasteiger partial charge in [-0.2, -0.15) is 0 Å². The number of hydrogen-bond donors (Lipinski definition) is 0. The van der Waals surface area contributed by atoms with Crippen molar-refractivity contribution in [3.05, 3.63) is 106 Å². The zero-order valence-electron chi connectivity index (χ0n) is 39.2. The van der Waals surface area contributed by atoms with E-state index in [9.17, 15) is 0 Å². The number of methoxy groups -OCH3 is 2. The molecule has 0 saturated heterocycles. The Balaban J connectivity index is 1.42. The molecule has 60 heavy (non-hydrogen) atoms. The van der Waals surface area contributed by atoms with Crippen molar-refractivity contribution in [1.29, 1.82) is 0 Å². The maximum absolute atomic E-state index is 6.23. The van der Waals surface area contributed by atoms with Crippen LogP contribution in [0.1, 0.15) is 125 Å². The average molecular weight is 817 g/mol. The van der Waals surface area contributed by atoms with E-state index in [1.54, 1.807) is 25.3 Å². The maximum atomic E-state index is 6.23. The van der Waals surface area contributed by atoms with Crippen LogP contribution >= 0.6 is 0 Å². The molecule has 5 heteroatoms. The van der Waals surface area contributed by atoms with Crippen LogP contribution in [0.15, 0.2) is 72.8 Å². The molecule has 2 aliphatic rings. The van der Waals surface area contributed by atoms with Crippen LogP contribution in [-0.4, -0.2) is 86.0 Å². The number of ether oxygens (including phenoxy) is 4. The van der Waals surface area contributed by atoms with Crippen molar-refractivity contribution < 1.29 is 23.4 Å². The summed E-state index contributed by atoms with van der Waals surface area (Å²) in [6.45, 7) is 16.6. The number of benzene rings is 4. The van der Waals surface area contributed by atoms with Crippen molar-refractivity contribution in [2.24, 2.45) is 5.41 Å². The van der Waals surface area contributed by atoms with Crippen molar-refractivity contribution in [2.45, 2.75) is 116 Å². The Bertz CT molecular complexity index is 1980. The van der Waals surface area contributed by atoms with Crippen molar-refractivity contribution in [3.63, 3.8) is 0 Å². The van der Waals surface area contributed by atoms with Gasteiger partial charge >= 0.3 is 0 Å². The highest BCUT2D eigenvalue weighted by molar-refractivity contribution is 5.87. The van der Waals surface area contributed by atoms with Crippen LogP contribution in [0.5, 0.6) is 0 Å². The lowest BCUT2D eigenvalue weighted by Gasteiger charge is -2.34. The van der Waals surface area contributed by atoms with Gasteiger partial charge in [0.05, 0.1) is 54.1 Å². The predicted octanol–water partition coefficient (Wildman–Crippen LogP) is 12.9. The van der Waals surface area contributed by atoms with Crippen LogP contribution in [0.3, 0.4) is 0 Å². The van der Waals surface area contributed by atoms with Crippen LogP contribution in [0, 0.1) is 19.3 Å². The first-order valence-electron chi connectivity index (χ1n) is 23.2. The lowest BCUT2D eigenvalue weighted by Crippen LogP contribution is -2.35. The molecule has 0 radical (unpaired) electrons. The third kappa shape index (κ3) is 10.8. The predicted molar refractivity (Wildman–Crippen MR) is 252 cm³/mol. The van der Waals surface area contributed by atoms with Gasteiger partial charge in [-0.1, -0.05) is 118 Å². The fourth-order valence-corrected chi connectivity index (χ4v) is 10.3. The molecule has 1 atom stereocenters. The second-order valence-electron chi connectivity index (χ2n) is 20.4. The van der Waals surface area contributed by atoms with Gasteiger partial charge < -0.3 is 23.4 Å². The van der Waals surface area contributed by atoms with Crippen molar-refractivity contribution in [3.8, 4) is 33.4 Å². The number of rotatable bonds is 24. The standard InChI is InChI=1S/C55H78NO4/c1-41-17-21-45-47-23-19-43(39-51(47)54(49(45)37-41,26-14-11-13-25-53(3,4)5)27-15-12-16-30-56(6,7)8)44-20-24-48-46-22-18-42(2)38-50(46)55(52(48)40-44,28-31-59-35-33-57-9)29-32-60-36-34-58-10/h17-24,37-40H,11-16,25-36H2,1-10H3/q+1. The molecule has 0 N–H and O–H groups in total. The Morgan fingerprint density at radius 3 is 1.32 bits per heavy atom. The summed E-state index contributed by atoms with van der Waals surface area (Å²) in [7, 11) is 10.4. The molecule has 0 spiro atoms. The minimum atomic E-state index is -0.236. The molecule has 4 aromatic carbocycles. The van der Waals surface area contributed by atoms with Gasteiger partial charge in [0.15, 0.2) is 0 Å². The van der Waals surface area contributed by atoms with Crippen LogP contribution in [0.2, 0.25) is 0 Å². The third-order valence-corrected chi connectivity index (χ3v) is 13.5. The van der Waals surface area contributed by atoms with E-state index >= 15 is 0 Å². The number of nitrogens with zero attached hydrogens (tertiary/aromatic N) is 1. The van der Waals surface area contributed by atoms with Gasteiger partial charge in [0, 0.05) is 38.3 Å². The number of fused-ring (bicyclic) bond motifs is 6. The largest absolute Gasteiger partial charge is 0.382 e. The molecular formula is C55H78NO4+. The molecule has 0 aromatic heterocycles. The lowest BCUT2D eigenvalue weighted by molar-refractivity contribution is -0.870. The monoisotopic (exact) mass is 817 g/mol. The molecule has 0 heterocycles. The number of aryl methyl sites for hydroxylation is 2. The minimum absolute atomic E-state index is 0.0123. The molecule has 0 aliphatic heterocycles. The molecule has 4 aromatic rings. The fourth-order valence-electron chi connectivity index (χ4n) is 10.3. The Hall–Kier alpha value is -3.32. The summed E-state index contributed by atoms with van der Waals surface area (Å²) < 4.78 is 24.2. The smallest absolute Gasteiger partial charge is 0.0780 e. The summed E-state index contributed by atoms with van der Waals surface area (Å²) in [6.07, 6.45) is 13.1. The van der Waals surface area contributed by atoms with Crippen LogP contribution in [0.4, 0.5) is 0 Å². The van der Waals surface area contributed by atoms with Gasteiger partial charge in [0.2, 0.25) is 0 Å². The van der Waals surface area contributed by atoms with Gasteiger partial charge in [-0.25, -0.2) is 0 Å². The topological polar surface area (TPSA) is 36.9 Å². The highest BCUT2D eigenvalue weighted by Crippen LogP contribution is 2.57. The number of unbranched alkanes of at least 4 members (excludes halogenated alkanes) is 4. The second-order valence-corrected chi connectivity index (χ2v) is 20.4. The van der Waals surface area contributed by atoms with Crippen molar-refractivity contribution in [1.82, 2.24) is 0 Å². The SMILES string of the molecule is COCCOCCC1(CCOCCOC)c2cc(C)ccc2-c2ccc(-c3ccc4c(c3)C(CCCCCC(C)(C)C)(CCCCC[N+](C)(C)C)c3cc(C)ccc3-4)cc21. The molecule has 1 unspecified atom stereocenters. The van der Waals surface area contributed by atoms with E-state index in [0.29, 0.717) is 45.1 Å². The maximum Gasteiger partial charge on any atom is 0.0780 e. The van der Waals surface area contributed by atoms with Gasteiger partial charge in [-0.3, -0.25) is 0 Å². The molecule has 0 amide bonds. The highest BCUT2D eigenvalue weighted by atomic mass is 16.5. The van der Waals surface area contributed by atoms with Crippen LogP contribution in [0.25, 0.3) is 33.4 Å². The molecule has 326 valence electrons. The normalized spacial score (nSPS) is 16.5. The van der Waals surface area contributed by atoms with E-state index < -0.39 is 0 Å². The number of quaternary nitrogens is 1. The van der Waals surface area contributed by atoms with Crippen LogP contribution in [-0.2, 0) is 29.8 Å². The van der Waals surface area contributed by atoms with E-state index in [4.69, 9.17) is 18.9 Å². The Kier molecular flexibility index (Phi) is 15.6. The average Bonchev–Trinajstić information content (AvgIpc) is 3.61. The summed E-state index contributed by atoms with van der Waals surface area (Å²) >= 11 is 0. The quantitative estimate of drug-likeness (QED) is 0.0521. The third-order valence-electron chi connectivity index (χ3n) is 13.5. The van der Waals surface area contributed by atoms with E-state index in [1.807, 2.05) is 0 Å². The fraction of sp³-hybridized carbons (Fsp3) is 0.564. The van der Waals surface area contributed by atoms with Gasteiger partial charge in [0.25, 0.3) is 0 Å². The summed E-state index contributed by atoms with van der Waals surface area (Å²) in [4.78, 5) is 0. The van der Waals surface area contributed by atoms with Crippen molar-refractivity contribution >= 4 is 0 Å². The molecule has 5 nitrogen and oxygen atoms in total. The Morgan fingerprint density at radius 1 is 0.467 bits per heavy atom. The van der Waals surface area contributed by atoms with Gasteiger partial charge in [0.1, 0.15) is 0 Å². The molecule has 2 aliphatic carbocycles. The Labute approximate surface area is 364 Å². The molecule has 0 bridgehead atoms. The van der Waals surface area contributed by atoms with E-state index in [0.717, 1.165) is 17.3 Å². The van der Waals surface area contributed by atoms with Crippen molar-refractivity contribution in [2.75, 3.05) is 81.5 Å². The van der Waals surface area contributed by atoms with E-state index in [-0.39, 0.29) is 10.8 Å². The second kappa shape index (κ2) is 20.2. The zero-order valence-corrected chi connectivity index (χ0v) is 39.2. The van der Waals surface area contributed by atoms with E-state index in [1.165, 1.54) is 120 Å². The van der Waals surface area contributed by atoms with E-state index in [2.05, 4.69) is 129 Å². The van der Waals surface area contributed by atoms with Gasteiger partial charge in [-0.05, 0) is 132 Å². The first-order chi connectivity index (χ1) is 28.7. The molecule has 0 fully saturated rings. The summed E-state index contributed by atoms with van der Waals surface area (Å²) in [6, 6.07) is 29.1. The summed E-state index contributed by atoms with van der Waals surface area (Å²) in [5, 5.41) is 0. The molecular weight excluding hydrogens is 739 g/mol. The number of hydrogen-bond acceptors (Lipinski definition) is 4. The summed E-state index contributed by atoms with van der Waals surface area (Å²) in [5.41, 5.74) is 16.9. The minimum Gasteiger partial charge on any atom is -0.382 e.